The van der Waals surface area contributed by atoms with Gasteiger partial charge in [-0.2, -0.15) is 0 Å². The molecule has 0 amide bonds. The molecule has 0 radical (unpaired) electrons. The molecule has 1 saturated carbocycles. The highest BCUT2D eigenvalue weighted by atomic mass is 19.1. The minimum Gasteiger partial charge on any atom is -0.479 e. The second-order valence-corrected chi connectivity index (χ2v) is 5.83. The van der Waals surface area contributed by atoms with Gasteiger partial charge in [0.2, 0.25) is 5.67 Å². The molecule has 1 aromatic carbocycles. The van der Waals surface area contributed by atoms with Crippen LogP contribution >= 0.6 is 0 Å². The Hall–Kier alpha value is -1.42. The highest BCUT2D eigenvalue weighted by Gasteiger charge is 2.37. The maximum Gasteiger partial charge on any atom is 0.342 e. The average molecular weight is 279 g/mol. The van der Waals surface area contributed by atoms with Crippen LogP contribution in [-0.2, 0) is 11.3 Å². The number of halogens is 1. The number of benzene rings is 1. The number of carboxylic acid groups (broad SMARTS) is 1. The molecule has 4 heteroatoms. The van der Waals surface area contributed by atoms with Gasteiger partial charge in [-0.15, -0.1) is 0 Å². The molecule has 1 fully saturated rings. The summed E-state index contributed by atoms with van der Waals surface area (Å²) in [6.45, 7) is 1.71. The van der Waals surface area contributed by atoms with Crippen LogP contribution in [0.5, 0.6) is 0 Å². The Morgan fingerprint density at radius 3 is 2.50 bits per heavy atom. The summed E-state index contributed by atoms with van der Waals surface area (Å²) in [4.78, 5) is 13.0. The van der Waals surface area contributed by atoms with Gasteiger partial charge in [-0.05, 0) is 25.3 Å². The number of rotatable bonds is 6. The van der Waals surface area contributed by atoms with Crippen molar-refractivity contribution in [1.82, 2.24) is 4.90 Å². The van der Waals surface area contributed by atoms with Crippen LogP contribution in [-0.4, -0.2) is 34.2 Å². The topological polar surface area (TPSA) is 40.5 Å². The summed E-state index contributed by atoms with van der Waals surface area (Å²) in [6.07, 6.45) is 4.35. The largest absolute Gasteiger partial charge is 0.479 e. The predicted molar refractivity (Wildman–Crippen MR) is 76.3 cm³/mol. The Morgan fingerprint density at radius 2 is 1.95 bits per heavy atom. The summed E-state index contributed by atoms with van der Waals surface area (Å²) < 4.78 is 14.2. The van der Waals surface area contributed by atoms with Crippen molar-refractivity contribution in [2.24, 2.45) is 0 Å². The molecule has 3 nitrogen and oxygen atoms in total. The van der Waals surface area contributed by atoms with E-state index in [1.54, 1.807) is 0 Å². The Balaban J connectivity index is 2.10. The Morgan fingerprint density at radius 1 is 1.35 bits per heavy atom. The smallest absolute Gasteiger partial charge is 0.342 e. The van der Waals surface area contributed by atoms with Crippen LogP contribution in [0.25, 0.3) is 0 Å². The van der Waals surface area contributed by atoms with E-state index in [9.17, 15) is 9.18 Å². The van der Waals surface area contributed by atoms with Crippen LogP contribution in [0.15, 0.2) is 30.3 Å². The lowest BCUT2D eigenvalue weighted by Gasteiger charge is -2.32. The van der Waals surface area contributed by atoms with Crippen molar-refractivity contribution in [3.63, 3.8) is 0 Å². The van der Waals surface area contributed by atoms with Crippen LogP contribution in [0.4, 0.5) is 4.39 Å². The van der Waals surface area contributed by atoms with Crippen molar-refractivity contribution < 1.29 is 14.3 Å². The number of carbonyl (C=O) groups is 1. The number of alkyl halides is 1. The molecule has 1 unspecified atom stereocenters. The Bertz CT molecular complexity index is 441. The highest BCUT2D eigenvalue weighted by Crippen LogP contribution is 2.27. The molecule has 1 aromatic rings. The van der Waals surface area contributed by atoms with Crippen LogP contribution in [0.3, 0.4) is 0 Å². The summed E-state index contributed by atoms with van der Waals surface area (Å²) >= 11 is 0. The third-order valence-corrected chi connectivity index (χ3v) is 4.02. The fraction of sp³-hybridized carbons (Fsp3) is 0.562. The summed E-state index contributed by atoms with van der Waals surface area (Å²) in [5, 5.41) is 9.00. The van der Waals surface area contributed by atoms with Crippen molar-refractivity contribution in [1.29, 1.82) is 0 Å². The SMILES string of the molecule is CC(F)(CN(Cc1ccccc1)C1CCCC1)C(=O)O. The zero-order valence-corrected chi connectivity index (χ0v) is 11.9. The molecule has 0 saturated heterocycles. The fourth-order valence-electron chi connectivity index (χ4n) is 2.85. The van der Waals surface area contributed by atoms with E-state index in [0.29, 0.717) is 12.6 Å². The lowest BCUT2D eigenvalue weighted by atomic mass is 10.1. The number of hydrogen-bond acceptors (Lipinski definition) is 2. The molecule has 2 rings (SSSR count). The molecule has 110 valence electrons. The zero-order chi connectivity index (χ0) is 14.6. The van der Waals surface area contributed by atoms with Gasteiger partial charge in [0, 0.05) is 19.1 Å². The minimum absolute atomic E-state index is 0.0537. The number of hydrogen-bond donors (Lipinski definition) is 1. The molecule has 0 aliphatic heterocycles. The Kier molecular flexibility index (Phi) is 4.76. The molecule has 0 bridgehead atoms. The lowest BCUT2D eigenvalue weighted by Crippen LogP contribution is -2.46. The molecule has 1 atom stereocenters. The van der Waals surface area contributed by atoms with E-state index in [4.69, 9.17) is 5.11 Å². The predicted octanol–water partition coefficient (Wildman–Crippen LogP) is 3.24. The number of carboxylic acids is 1. The summed E-state index contributed by atoms with van der Waals surface area (Å²) in [5.41, 5.74) is -1.10. The first-order valence-electron chi connectivity index (χ1n) is 7.19. The van der Waals surface area contributed by atoms with Crippen molar-refractivity contribution in [3.8, 4) is 0 Å². The molecular formula is C16H22FNO2. The van der Waals surface area contributed by atoms with Gasteiger partial charge in [-0.3, -0.25) is 4.90 Å². The van der Waals surface area contributed by atoms with Gasteiger partial charge in [-0.25, -0.2) is 9.18 Å². The fourth-order valence-corrected chi connectivity index (χ4v) is 2.85. The minimum atomic E-state index is -2.20. The molecule has 0 spiro atoms. The van der Waals surface area contributed by atoms with Crippen LogP contribution in [0.2, 0.25) is 0 Å². The van der Waals surface area contributed by atoms with Crippen molar-refractivity contribution in [2.45, 2.75) is 50.9 Å². The molecule has 20 heavy (non-hydrogen) atoms. The molecule has 1 N–H and O–H groups in total. The summed E-state index contributed by atoms with van der Waals surface area (Å²) in [5.74, 6) is -1.38. The van der Waals surface area contributed by atoms with E-state index in [2.05, 4.69) is 0 Å². The first kappa shape index (κ1) is 15.0. The quantitative estimate of drug-likeness (QED) is 0.869. The van der Waals surface area contributed by atoms with Crippen molar-refractivity contribution in [2.75, 3.05) is 6.54 Å². The second-order valence-electron chi connectivity index (χ2n) is 5.83. The molecule has 1 aliphatic carbocycles. The van der Waals surface area contributed by atoms with Gasteiger partial charge >= 0.3 is 5.97 Å². The zero-order valence-electron chi connectivity index (χ0n) is 11.9. The molecule has 1 aliphatic rings. The van der Waals surface area contributed by atoms with Gasteiger partial charge in [0.05, 0.1) is 0 Å². The highest BCUT2D eigenvalue weighted by molar-refractivity contribution is 5.77. The van der Waals surface area contributed by atoms with E-state index in [-0.39, 0.29) is 6.54 Å². The van der Waals surface area contributed by atoms with Crippen molar-refractivity contribution >= 4 is 5.97 Å². The molecule has 0 aromatic heterocycles. The van der Waals surface area contributed by atoms with Gasteiger partial charge in [0.25, 0.3) is 0 Å². The maximum absolute atomic E-state index is 14.2. The van der Waals surface area contributed by atoms with E-state index in [1.807, 2.05) is 35.2 Å². The monoisotopic (exact) mass is 279 g/mol. The van der Waals surface area contributed by atoms with E-state index in [1.165, 1.54) is 0 Å². The summed E-state index contributed by atoms with van der Waals surface area (Å²) in [7, 11) is 0. The second kappa shape index (κ2) is 6.35. The van der Waals surface area contributed by atoms with Gasteiger partial charge in [0.15, 0.2) is 0 Å². The van der Waals surface area contributed by atoms with Crippen LogP contribution in [0, 0.1) is 0 Å². The van der Waals surface area contributed by atoms with E-state index >= 15 is 0 Å². The lowest BCUT2D eigenvalue weighted by molar-refractivity contribution is -0.151. The number of aliphatic carboxylic acids is 1. The third kappa shape index (κ3) is 3.79. The molecule has 0 heterocycles. The standard InChI is InChI=1S/C16H22FNO2/c1-16(17,15(19)20)12-18(14-9-5-6-10-14)11-13-7-3-2-4-8-13/h2-4,7-8,14H,5-6,9-12H2,1H3,(H,19,20). The maximum atomic E-state index is 14.2. The average Bonchev–Trinajstić information content (AvgIpc) is 2.92. The van der Waals surface area contributed by atoms with Crippen molar-refractivity contribution in [3.05, 3.63) is 35.9 Å². The first-order chi connectivity index (χ1) is 9.49. The molecular weight excluding hydrogens is 257 g/mol. The summed E-state index contributed by atoms with van der Waals surface area (Å²) in [6, 6.07) is 10.1. The van der Waals surface area contributed by atoms with Crippen LogP contribution in [0.1, 0.15) is 38.2 Å². The Labute approximate surface area is 119 Å². The van der Waals surface area contributed by atoms with Crippen LogP contribution < -0.4 is 0 Å². The van der Waals surface area contributed by atoms with Gasteiger partial charge < -0.3 is 5.11 Å². The third-order valence-electron chi connectivity index (χ3n) is 4.02. The number of nitrogens with zero attached hydrogens (tertiary/aromatic N) is 1. The first-order valence-corrected chi connectivity index (χ1v) is 7.19. The van der Waals surface area contributed by atoms with Gasteiger partial charge in [0.1, 0.15) is 0 Å². The van der Waals surface area contributed by atoms with E-state index < -0.39 is 11.6 Å². The normalized spacial score (nSPS) is 19.1. The van der Waals surface area contributed by atoms with E-state index in [0.717, 1.165) is 38.2 Å². The van der Waals surface area contributed by atoms with Gasteiger partial charge in [-0.1, -0.05) is 43.2 Å².